The number of nitrogens with one attached hydrogen (secondary N) is 1. The molecule has 0 spiro atoms. The molecule has 3 rings (SSSR count). The summed E-state index contributed by atoms with van der Waals surface area (Å²) in [5.74, 6) is -0.290. The molecule has 0 aliphatic carbocycles. The average Bonchev–Trinajstić information content (AvgIpc) is 3.19. The third-order valence-corrected chi connectivity index (χ3v) is 4.31. The second kappa shape index (κ2) is 9.54. The molecule has 1 heterocycles. The van der Waals surface area contributed by atoms with Crippen LogP contribution in [-0.4, -0.2) is 51.2 Å². The van der Waals surface area contributed by atoms with Crippen molar-refractivity contribution in [3.05, 3.63) is 54.3 Å². The summed E-state index contributed by atoms with van der Waals surface area (Å²) in [5.41, 5.74) is 0.620. The van der Waals surface area contributed by atoms with Gasteiger partial charge in [0.05, 0.1) is 7.11 Å². The van der Waals surface area contributed by atoms with Gasteiger partial charge in [-0.2, -0.15) is 4.80 Å². The Morgan fingerprint density at radius 1 is 1.16 bits per heavy atom. The SMILES string of the molecule is COc1cccc(N(CC(=O)NC(C)(C)C)C(=O)Cn2nnc(-c3ccc(F)cc3)n2)c1. The van der Waals surface area contributed by atoms with E-state index in [9.17, 15) is 14.0 Å². The van der Waals surface area contributed by atoms with Crippen LogP contribution in [0.15, 0.2) is 48.5 Å². The van der Waals surface area contributed by atoms with Crippen molar-refractivity contribution in [2.75, 3.05) is 18.6 Å². The lowest BCUT2D eigenvalue weighted by atomic mass is 10.1. The molecule has 0 saturated heterocycles. The molecule has 1 N–H and O–H groups in total. The number of carbonyl (C=O) groups is 2. The molecular weight excluding hydrogens is 415 g/mol. The monoisotopic (exact) mass is 440 g/mol. The van der Waals surface area contributed by atoms with Gasteiger partial charge in [0, 0.05) is 22.9 Å². The summed E-state index contributed by atoms with van der Waals surface area (Å²) in [6, 6.07) is 12.5. The Morgan fingerprint density at radius 2 is 1.88 bits per heavy atom. The number of halogens is 1. The normalized spacial score (nSPS) is 11.2. The first kappa shape index (κ1) is 22.9. The van der Waals surface area contributed by atoms with Gasteiger partial charge < -0.3 is 15.0 Å². The van der Waals surface area contributed by atoms with Gasteiger partial charge in [-0.15, -0.1) is 10.2 Å². The van der Waals surface area contributed by atoms with E-state index >= 15 is 0 Å². The molecule has 0 aliphatic heterocycles. The van der Waals surface area contributed by atoms with Crippen LogP contribution in [0.25, 0.3) is 11.4 Å². The second-order valence-corrected chi connectivity index (χ2v) is 8.13. The minimum atomic E-state index is -0.447. The van der Waals surface area contributed by atoms with Crippen molar-refractivity contribution in [2.24, 2.45) is 0 Å². The van der Waals surface area contributed by atoms with Gasteiger partial charge in [-0.05, 0) is 62.4 Å². The number of carbonyl (C=O) groups excluding carboxylic acids is 2. The number of hydrogen-bond donors (Lipinski definition) is 1. The van der Waals surface area contributed by atoms with Crippen molar-refractivity contribution in [1.82, 2.24) is 25.5 Å². The van der Waals surface area contributed by atoms with Crippen LogP contribution < -0.4 is 15.0 Å². The molecule has 3 aromatic rings. The third-order valence-electron chi connectivity index (χ3n) is 4.31. The topological polar surface area (TPSA) is 102 Å². The van der Waals surface area contributed by atoms with Crippen LogP contribution in [0.3, 0.4) is 0 Å². The smallest absolute Gasteiger partial charge is 0.251 e. The van der Waals surface area contributed by atoms with Gasteiger partial charge in [0.2, 0.25) is 11.7 Å². The molecule has 9 nitrogen and oxygen atoms in total. The lowest BCUT2D eigenvalue weighted by Crippen LogP contribution is -2.48. The second-order valence-electron chi connectivity index (χ2n) is 8.13. The lowest BCUT2D eigenvalue weighted by Gasteiger charge is -2.26. The Hall–Kier alpha value is -3.82. The summed E-state index contributed by atoms with van der Waals surface area (Å²) in [5, 5.41) is 14.9. The van der Waals surface area contributed by atoms with Crippen molar-refractivity contribution in [1.29, 1.82) is 0 Å². The zero-order valence-corrected chi connectivity index (χ0v) is 18.4. The molecule has 0 bridgehead atoms. The summed E-state index contributed by atoms with van der Waals surface area (Å²) in [6.07, 6.45) is 0. The standard InChI is InChI=1S/C22H25FN6O3/c1-22(2,3)24-19(30)13-28(17-6-5-7-18(12-17)32-4)20(31)14-29-26-21(25-27-29)15-8-10-16(23)11-9-15/h5-12H,13-14H2,1-4H3,(H,24,30). The van der Waals surface area contributed by atoms with Crippen LogP contribution in [0.2, 0.25) is 0 Å². The van der Waals surface area contributed by atoms with Crippen molar-refractivity contribution in [3.63, 3.8) is 0 Å². The Balaban J connectivity index is 1.81. The molecule has 2 amide bonds. The first-order valence-electron chi connectivity index (χ1n) is 9.94. The Bertz CT molecular complexity index is 1090. The van der Waals surface area contributed by atoms with E-state index in [0.717, 1.165) is 4.80 Å². The molecule has 0 unspecified atom stereocenters. The minimum Gasteiger partial charge on any atom is -0.497 e. The third kappa shape index (κ3) is 6.10. The largest absolute Gasteiger partial charge is 0.497 e. The average molecular weight is 440 g/mol. The van der Waals surface area contributed by atoms with Gasteiger partial charge in [-0.1, -0.05) is 6.07 Å². The number of tetrazole rings is 1. The highest BCUT2D eigenvalue weighted by molar-refractivity contribution is 5.98. The highest BCUT2D eigenvalue weighted by Crippen LogP contribution is 2.21. The summed E-state index contributed by atoms with van der Waals surface area (Å²) in [7, 11) is 1.52. The summed E-state index contributed by atoms with van der Waals surface area (Å²) in [4.78, 5) is 28.2. The van der Waals surface area contributed by atoms with Crippen LogP contribution in [0.5, 0.6) is 5.75 Å². The van der Waals surface area contributed by atoms with E-state index in [4.69, 9.17) is 4.74 Å². The van der Waals surface area contributed by atoms with Crippen LogP contribution in [0.1, 0.15) is 20.8 Å². The van der Waals surface area contributed by atoms with E-state index < -0.39 is 11.4 Å². The number of anilines is 1. The van der Waals surface area contributed by atoms with E-state index in [1.807, 2.05) is 20.8 Å². The van der Waals surface area contributed by atoms with Gasteiger partial charge in [-0.25, -0.2) is 4.39 Å². The van der Waals surface area contributed by atoms with Gasteiger partial charge in [-0.3, -0.25) is 9.59 Å². The fraction of sp³-hybridized carbons (Fsp3) is 0.318. The van der Waals surface area contributed by atoms with Crippen molar-refractivity contribution in [2.45, 2.75) is 32.9 Å². The molecule has 0 aliphatic rings. The van der Waals surface area contributed by atoms with Crippen LogP contribution in [-0.2, 0) is 16.1 Å². The molecule has 10 heteroatoms. The van der Waals surface area contributed by atoms with Gasteiger partial charge in [0.25, 0.3) is 5.91 Å². The number of benzene rings is 2. The summed E-state index contributed by atoms with van der Waals surface area (Å²) in [6.45, 7) is 5.15. The summed E-state index contributed by atoms with van der Waals surface area (Å²) < 4.78 is 18.4. The predicted molar refractivity (Wildman–Crippen MR) is 116 cm³/mol. The molecule has 168 valence electrons. The van der Waals surface area contributed by atoms with Crippen LogP contribution in [0, 0.1) is 5.82 Å². The van der Waals surface area contributed by atoms with Crippen molar-refractivity contribution < 1.29 is 18.7 Å². The number of rotatable bonds is 7. The molecule has 0 fully saturated rings. The zero-order chi connectivity index (χ0) is 23.3. The first-order valence-corrected chi connectivity index (χ1v) is 9.94. The number of methoxy groups -OCH3 is 1. The number of amides is 2. The first-order chi connectivity index (χ1) is 15.1. The maximum Gasteiger partial charge on any atom is 0.251 e. The Kier molecular flexibility index (Phi) is 6.82. The number of hydrogen-bond acceptors (Lipinski definition) is 6. The molecule has 1 aromatic heterocycles. The van der Waals surface area contributed by atoms with Crippen LogP contribution in [0.4, 0.5) is 10.1 Å². The van der Waals surface area contributed by atoms with Crippen molar-refractivity contribution >= 4 is 17.5 Å². The van der Waals surface area contributed by atoms with E-state index in [1.165, 1.54) is 36.3 Å². The van der Waals surface area contributed by atoms with E-state index in [2.05, 4.69) is 20.7 Å². The van der Waals surface area contributed by atoms with Crippen molar-refractivity contribution in [3.8, 4) is 17.1 Å². The number of nitrogens with zero attached hydrogens (tertiary/aromatic N) is 5. The van der Waals surface area contributed by atoms with E-state index in [-0.39, 0.29) is 30.6 Å². The van der Waals surface area contributed by atoms with E-state index in [0.29, 0.717) is 17.0 Å². The van der Waals surface area contributed by atoms with Gasteiger partial charge >= 0.3 is 0 Å². The fourth-order valence-electron chi connectivity index (χ4n) is 2.93. The quantitative estimate of drug-likeness (QED) is 0.605. The predicted octanol–water partition coefficient (Wildman–Crippen LogP) is 2.44. The maximum atomic E-state index is 13.1. The molecule has 0 atom stereocenters. The molecule has 0 radical (unpaired) electrons. The number of ether oxygens (including phenoxy) is 1. The fourth-order valence-corrected chi connectivity index (χ4v) is 2.93. The Labute approximate surface area is 185 Å². The number of aromatic nitrogens is 4. The zero-order valence-electron chi connectivity index (χ0n) is 18.4. The van der Waals surface area contributed by atoms with Gasteiger partial charge in [0.1, 0.15) is 24.7 Å². The highest BCUT2D eigenvalue weighted by atomic mass is 19.1. The molecule has 2 aromatic carbocycles. The molecular formula is C22H25FN6O3. The minimum absolute atomic E-state index is 0.192. The molecule has 32 heavy (non-hydrogen) atoms. The van der Waals surface area contributed by atoms with Gasteiger partial charge in [0.15, 0.2) is 0 Å². The highest BCUT2D eigenvalue weighted by Gasteiger charge is 2.23. The Morgan fingerprint density at radius 3 is 2.53 bits per heavy atom. The van der Waals surface area contributed by atoms with E-state index in [1.54, 1.807) is 24.3 Å². The lowest BCUT2D eigenvalue weighted by molar-refractivity contribution is -0.125. The molecule has 0 saturated carbocycles. The van der Waals surface area contributed by atoms with Crippen LogP contribution >= 0.6 is 0 Å². The maximum absolute atomic E-state index is 13.1. The summed E-state index contributed by atoms with van der Waals surface area (Å²) >= 11 is 0.